The minimum atomic E-state index is -0.953. The molecule has 0 heterocycles. The highest BCUT2D eigenvalue weighted by molar-refractivity contribution is 7.98. The lowest BCUT2D eigenvalue weighted by molar-refractivity contribution is -0.141. The first-order valence-electron chi connectivity index (χ1n) is 7.26. The molecule has 0 radical (unpaired) electrons. The normalized spacial score (nSPS) is 15.5. The van der Waals surface area contributed by atoms with E-state index < -0.39 is 12.0 Å². The van der Waals surface area contributed by atoms with Gasteiger partial charge in [0.05, 0.1) is 0 Å². The van der Waals surface area contributed by atoms with E-state index >= 15 is 0 Å². The molecule has 1 aliphatic carbocycles. The van der Waals surface area contributed by atoms with Crippen molar-refractivity contribution < 1.29 is 14.7 Å². The molecule has 0 bridgehead atoms. The number of carbonyl (C=O) groups is 2. The van der Waals surface area contributed by atoms with E-state index in [2.05, 4.69) is 6.92 Å². The Kier molecular flexibility index (Phi) is 5.28. The second kappa shape index (κ2) is 6.98. The number of nitrogens with zero attached hydrogens (tertiary/aromatic N) is 1. The summed E-state index contributed by atoms with van der Waals surface area (Å²) in [5, 5.41) is 9.17. The van der Waals surface area contributed by atoms with E-state index in [1.165, 1.54) is 10.5 Å². The van der Waals surface area contributed by atoms with Gasteiger partial charge in [0.15, 0.2) is 0 Å². The van der Waals surface area contributed by atoms with Gasteiger partial charge in [0, 0.05) is 17.4 Å². The van der Waals surface area contributed by atoms with E-state index in [9.17, 15) is 9.59 Å². The van der Waals surface area contributed by atoms with Gasteiger partial charge in [0.25, 0.3) is 5.91 Å². The second-order valence-electron chi connectivity index (χ2n) is 5.29. The van der Waals surface area contributed by atoms with Crippen LogP contribution in [-0.2, 0) is 10.5 Å². The summed E-state index contributed by atoms with van der Waals surface area (Å²) in [4.78, 5) is 25.3. The lowest BCUT2D eigenvalue weighted by atomic mass is 10.1. The zero-order chi connectivity index (χ0) is 15.4. The van der Waals surface area contributed by atoms with Crippen LogP contribution < -0.4 is 0 Å². The van der Waals surface area contributed by atoms with Gasteiger partial charge in [0.2, 0.25) is 0 Å². The molecule has 0 saturated heterocycles. The Morgan fingerprint density at radius 1 is 1.33 bits per heavy atom. The van der Waals surface area contributed by atoms with Crippen molar-refractivity contribution in [3.63, 3.8) is 0 Å². The summed E-state index contributed by atoms with van der Waals surface area (Å²) < 4.78 is 0. The van der Waals surface area contributed by atoms with Crippen molar-refractivity contribution in [3.05, 3.63) is 35.4 Å². The van der Waals surface area contributed by atoms with Crippen molar-refractivity contribution in [1.29, 1.82) is 0 Å². The molecule has 1 aromatic carbocycles. The molecule has 1 atom stereocenters. The number of amides is 1. The van der Waals surface area contributed by atoms with Crippen LogP contribution in [0, 0.1) is 0 Å². The molecule has 2 rings (SSSR count). The van der Waals surface area contributed by atoms with Gasteiger partial charge in [-0.2, -0.15) is 11.8 Å². The van der Waals surface area contributed by atoms with Crippen LogP contribution in [0.3, 0.4) is 0 Å². The van der Waals surface area contributed by atoms with Crippen LogP contribution in [0.25, 0.3) is 0 Å². The van der Waals surface area contributed by atoms with Crippen molar-refractivity contribution in [2.75, 3.05) is 5.75 Å². The summed E-state index contributed by atoms with van der Waals surface area (Å²) in [7, 11) is 0. The Hall–Kier alpha value is -1.49. The third kappa shape index (κ3) is 4.00. The molecular formula is C16H21NO3S. The molecule has 0 aromatic heterocycles. The molecule has 1 aliphatic rings. The van der Waals surface area contributed by atoms with Crippen molar-refractivity contribution in [2.45, 2.75) is 44.5 Å². The predicted molar refractivity (Wildman–Crippen MR) is 84.6 cm³/mol. The van der Waals surface area contributed by atoms with Crippen LogP contribution in [0.1, 0.15) is 42.6 Å². The summed E-state index contributed by atoms with van der Waals surface area (Å²) in [6, 6.07) is 6.81. The second-order valence-corrected chi connectivity index (χ2v) is 6.57. The van der Waals surface area contributed by atoms with E-state index in [0.717, 1.165) is 24.3 Å². The maximum absolute atomic E-state index is 12.6. The van der Waals surface area contributed by atoms with Gasteiger partial charge in [0.1, 0.15) is 6.04 Å². The van der Waals surface area contributed by atoms with Crippen LogP contribution in [0.15, 0.2) is 24.3 Å². The Balaban J connectivity index is 2.11. The molecule has 5 heteroatoms. The summed E-state index contributed by atoms with van der Waals surface area (Å²) in [6.07, 6.45) is 1.79. The topological polar surface area (TPSA) is 57.6 Å². The Bertz CT molecular complexity index is 511. The van der Waals surface area contributed by atoms with Crippen molar-refractivity contribution >= 4 is 23.6 Å². The Morgan fingerprint density at radius 3 is 2.43 bits per heavy atom. The highest BCUT2D eigenvalue weighted by atomic mass is 32.2. The van der Waals surface area contributed by atoms with Crippen LogP contribution in [0.2, 0.25) is 0 Å². The lowest BCUT2D eigenvalue weighted by Crippen LogP contribution is -2.44. The standard InChI is InChI=1S/C16H21NO3S/c1-3-21-10-12-4-6-13(7-5-12)15(18)17(14-8-9-14)11(2)16(19)20/h4-7,11,14H,3,8-10H2,1-2H3,(H,19,20). The fourth-order valence-corrected chi connectivity index (χ4v) is 2.87. The van der Waals surface area contributed by atoms with E-state index in [1.54, 1.807) is 19.1 Å². The highest BCUT2D eigenvalue weighted by Crippen LogP contribution is 2.30. The molecule has 1 amide bonds. The summed E-state index contributed by atoms with van der Waals surface area (Å²) in [5.74, 6) is 0.864. The lowest BCUT2D eigenvalue weighted by Gasteiger charge is -2.26. The predicted octanol–water partition coefficient (Wildman–Crippen LogP) is 3.02. The average Bonchev–Trinajstić information content (AvgIpc) is 3.30. The monoisotopic (exact) mass is 307 g/mol. The number of rotatable bonds is 7. The van der Waals surface area contributed by atoms with Crippen LogP contribution >= 0.6 is 11.8 Å². The molecule has 1 fully saturated rings. The maximum atomic E-state index is 12.6. The molecule has 1 aromatic rings. The molecule has 114 valence electrons. The Labute approximate surface area is 129 Å². The van der Waals surface area contributed by atoms with Gasteiger partial charge in [-0.25, -0.2) is 4.79 Å². The maximum Gasteiger partial charge on any atom is 0.326 e. The first-order valence-corrected chi connectivity index (χ1v) is 8.42. The van der Waals surface area contributed by atoms with E-state index in [4.69, 9.17) is 5.11 Å². The van der Waals surface area contributed by atoms with Crippen LogP contribution in [0.4, 0.5) is 0 Å². The summed E-state index contributed by atoms with van der Waals surface area (Å²) in [6.45, 7) is 3.69. The van der Waals surface area contributed by atoms with Gasteiger partial charge in [-0.15, -0.1) is 0 Å². The summed E-state index contributed by atoms with van der Waals surface area (Å²) >= 11 is 1.83. The van der Waals surface area contributed by atoms with Gasteiger partial charge >= 0.3 is 5.97 Å². The van der Waals surface area contributed by atoms with Crippen LogP contribution in [-0.4, -0.2) is 39.7 Å². The number of hydrogen-bond acceptors (Lipinski definition) is 3. The molecule has 0 spiro atoms. The minimum Gasteiger partial charge on any atom is -0.480 e. The van der Waals surface area contributed by atoms with E-state index in [0.29, 0.717) is 5.56 Å². The minimum absolute atomic E-state index is 0.0823. The van der Waals surface area contributed by atoms with E-state index in [-0.39, 0.29) is 11.9 Å². The van der Waals surface area contributed by atoms with Crippen molar-refractivity contribution in [1.82, 2.24) is 4.90 Å². The zero-order valence-electron chi connectivity index (χ0n) is 12.4. The fraction of sp³-hybridized carbons (Fsp3) is 0.500. The molecule has 4 nitrogen and oxygen atoms in total. The number of aliphatic carboxylic acids is 1. The third-order valence-corrected chi connectivity index (χ3v) is 4.57. The quantitative estimate of drug-likeness (QED) is 0.841. The number of benzene rings is 1. The Morgan fingerprint density at radius 2 is 1.95 bits per heavy atom. The summed E-state index contributed by atoms with van der Waals surface area (Å²) in [5.41, 5.74) is 1.75. The van der Waals surface area contributed by atoms with Gasteiger partial charge in [-0.1, -0.05) is 19.1 Å². The third-order valence-electron chi connectivity index (χ3n) is 3.62. The molecular weight excluding hydrogens is 286 g/mol. The average molecular weight is 307 g/mol. The number of carboxylic acids is 1. The van der Waals surface area contributed by atoms with Crippen molar-refractivity contribution in [3.8, 4) is 0 Å². The number of thioether (sulfide) groups is 1. The first-order chi connectivity index (χ1) is 10.0. The first kappa shape index (κ1) is 15.9. The number of hydrogen-bond donors (Lipinski definition) is 1. The fourth-order valence-electron chi connectivity index (χ4n) is 2.24. The molecule has 1 N–H and O–H groups in total. The van der Waals surface area contributed by atoms with Gasteiger partial charge in [-0.05, 0) is 43.2 Å². The largest absolute Gasteiger partial charge is 0.480 e. The molecule has 21 heavy (non-hydrogen) atoms. The smallest absolute Gasteiger partial charge is 0.326 e. The zero-order valence-corrected chi connectivity index (χ0v) is 13.2. The molecule has 0 aliphatic heterocycles. The van der Waals surface area contributed by atoms with Gasteiger partial charge in [-0.3, -0.25) is 4.79 Å². The SMILES string of the molecule is CCSCc1ccc(C(=O)N(C2CC2)C(C)C(=O)O)cc1. The van der Waals surface area contributed by atoms with E-state index in [1.807, 2.05) is 23.9 Å². The highest BCUT2D eigenvalue weighted by Gasteiger charge is 2.38. The molecule has 1 unspecified atom stereocenters. The number of carbonyl (C=O) groups excluding carboxylic acids is 1. The van der Waals surface area contributed by atoms with Gasteiger partial charge < -0.3 is 10.0 Å². The number of carboxylic acid groups (broad SMARTS) is 1. The van der Waals surface area contributed by atoms with Crippen molar-refractivity contribution in [2.24, 2.45) is 0 Å². The van der Waals surface area contributed by atoms with Crippen LogP contribution in [0.5, 0.6) is 0 Å². The molecule has 1 saturated carbocycles.